The minimum absolute atomic E-state index is 0.0155. The molecule has 0 aromatic carbocycles. The number of imidazole rings is 1. The van der Waals surface area contributed by atoms with Gasteiger partial charge in [0.25, 0.3) is 0 Å². The highest BCUT2D eigenvalue weighted by molar-refractivity contribution is 7.61. The predicted octanol–water partition coefficient (Wildman–Crippen LogP) is -1.63. The second kappa shape index (κ2) is 20.7. The van der Waals surface area contributed by atoms with Gasteiger partial charge in [-0.2, -0.15) is 4.31 Å². The summed E-state index contributed by atoms with van der Waals surface area (Å²) in [6, 6.07) is 0. The van der Waals surface area contributed by atoms with Crippen LogP contribution < -0.4 is 16.4 Å². The summed E-state index contributed by atoms with van der Waals surface area (Å²) in [6.45, 7) is -0.0191. The van der Waals surface area contributed by atoms with Crippen LogP contribution in [0.5, 0.6) is 0 Å². The van der Waals surface area contributed by atoms with Crippen LogP contribution >= 0.6 is 23.5 Å². The summed E-state index contributed by atoms with van der Waals surface area (Å²) >= 11 is 0. The lowest BCUT2D eigenvalue weighted by molar-refractivity contribution is -0.138. The zero-order valence-electron chi connectivity index (χ0n) is 30.9. The number of phosphoric acid groups is 3. The Bertz CT molecular complexity index is 1910. The summed E-state index contributed by atoms with van der Waals surface area (Å²) < 4.78 is 62.0. The third-order valence-electron chi connectivity index (χ3n) is 8.19. The van der Waals surface area contributed by atoms with Gasteiger partial charge in [-0.25, -0.2) is 28.6 Å². The summed E-state index contributed by atoms with van der Waals surface area (Å²) in [4.78, 5) is 98.0. The van der Waals surface area contributed by atoms with Crippen molar-refractivity contribution < 1.29 is 95.5 Å². The van der Waals surface area contributed by atoms with Crippen LogP contribution in [-0.4, -0.2) is 140 Å². The molecule has 1 aliphatic rings. The van der Waals surface area contributed by atoms with Crippen molar-refractivity contribution in [3.63, 3.8) is 0 Å². The Hall–Kier alpha value is -3.36. The number of Topliss-reactive ketones (excluding diaryl/α,β-unsaturated/α-hetero) is 1. The van der Waals surface area contributed by atoms with Crippen molar-refractivity contribution in [2.45, 2.75) is 89.1 Å². The maximum atomic E-state index is 12.7. The molecule has 27 nitrogen and oxygen atoms in total. The predicted molar refractivity (Wildman–Crippen MR) is 191 cm³/mol. The lowest BCUT2D eigenvalue weighted by Gasteiger charge is -2.30. The molecular formula is C28H46N7O20P3. The lowest BCUT2D eigenvalue weighted by atomic mass is 9.87. The van der Waals surface area contributed by atoms with E-state index < -0.39 is 96.6 Å². The molecule has 1 aliphatic heterocycles. The highest BCUT2D eigenvalue weighted by Crippen LogP contribution is 2.61. The molecule has 0 saturated carbocycles. The largest absolute Gasteiger partial charge is 0.481 e. The van der Waals surface area contributed by atoms with Gasteiger partial charge in [-0.15, -0.1) is 0 Å². The van der Waals surface area contributed by atoms with Crippen LogP contribution in [0.25, 0.3) is 11.2 Å². The summed E-state index contributed by atoms with van der Waals surface area (Å²) in [5.41, 5.74) is 4.17. The Morgan fingerprint density at radius 3 is 2.29 bits per heavy atom. The Morgan fingerprint density at radius 1 is 0.983 bits per heavy atom. The number of amides is 2. The van der Waals surface area contributed by atoms with Crippen LogP contribution in [0.15, 0.2) is 12.7 Å². The van der Waals surface area contributed by atoms with Gasteiger partial charge in [0.1, 0.15) is 42.0 Å². The van der Waals surface area contributed by atoms with E-state index in [2.05, 4.69) is 34.4 Å². The van der Waals surface area contributed by atoms with Crippen molar-refractivity contribution in [1.29, 1.82) is 0 Å². The number of carboxylic acids is 1. The molecule has 3 heterocycles. The number of fused-ring (bicyclic) bond motifs is 1. The number of aliphatic hydroxyl groups excluding tert-OH is 3. The van der Waals surface area contributed by atoms with E-state index in [1.165, 1.54) is 13.8 Å². The number of aliphatic carboxylic acids is 1. The fourth-order valence-corrected chi connectivity index (χ4v) is 8.07. The fourth-order valence-electron chi connectivity index (χ4n) is 5.24. The van der Waals surface area contributed by atoms with Crippen LogP contribution in [-0.2, 0) is 55.5 Å². The molecule has 0 spiro atoms. The maximum absolute atomic E-state index is 12.7. The van der Waals surface area contributed by atoms with Crippen LogP contribution in [0.3, 0.4) is 0 Å². The highest BCUT2D eigenvalue weighted by Gasteiger charge is 2.50. The summed E-state index contributed by atoms with van der Waals surface area (Å²) in [6.07, 6.45) is -8.34. The van der Waals surface area contributed by atoms with Gasteiger partial charge < -0.3 is 61.1 Å². The van der Waals surface area contributed by atoms with Crippen molar-refractivity contribution in [3.8, 4) is 0 Å². The third kappa shape index (κ3) is 15.3. The molecule has 1 fully saturated rings. The standard InChI is InChI=1S/C28H46N7O20P3/c1-28(2,23(42)26(43)31-9-7-18(38)30-8-6-16(37)10-15(36)4-3-5-19(39)40)12-52-58(49,50)55-57(47,48)51-11-17-22(54-56(44,45)46)21(41)27(53-17)35-14-34-20-24(29)32-13-33-25(20)35/h13-15,17,21-23,27,36,41-42H,3-12H2,1-2H3,(H,30,38)(H,31,43)(H,39,40)(H,47,48)(H,49,50)(H2,29,32,33)(H2,44,45,46). The third-order valence-corrected chi connectivity index (χ3v) is 11.3. The van der Waals surface area contributed by atoms with Crippen molar-refractivity contribution in [2.24, 2.45) is 5.41 Å². The monoisotopic (exact) mass is 893 g/mol. The van der Waals surface area contributed by atoms with E-state index in [4.69, 9.17) is 24.6 Å². The Kier molecular flexibility index (Phi) is 17.5. The van der Waals surface area contributed by atoms with Crippen molar-refractivity contribution in [3.05, 3.63) is 12.7 Å². The molecule has 0 radical (unpaired) electrons. The van der Waals surface area contributed by atoms with Gasteiger partial charge in [-0.1, -0.05) is 13.8 Å². The number of nitrogen functional groups attached to an aromatic ring is 1. The number of rotatable bonds is 25. The molecular weight excluding hydrogens is 847 g/mol. The molecule has 58 heavy (non-hydrogen) atoms. The molecule has 2 aromatic rings. The topological polar surface area (TPSA) is 421 Å². The normalized spacial score (nSPS) is 21.8. The second-order valence-electron chi connectivity index (χ2n) is 13.5. The molecule has 1 saturated heterocycles. The second-order valence-corrected chi connectivity index (χ2v) is 17.7. The quantitative estimate of drug-likeness (QED) is 0.0498. The molecule has 2 aromatic heterocycles. The van der Waals surface area contributed by atoms with Crippen LogP contribution in [0, 0.1) is 5.41 Å². The van der Waals surface area contributed by atoms with E-state index in [0.717, 1.165) is 17.2 Å². The van der Waals surface area contributed by atoms with Gasteiger partial charge in [0, 0.05) is 44.2 Å². The summed E-state index contributed by atoms with van der Waals surface area (Å²) in [7, 11) is -16.5. The number of aliphatic hydroxyl groups is 3. The maximum Gasteiger partial charge on any atom is 0.481 e. The first-order valence-electron chi connectivity index (χ1n) is 17.1. The Labute approximate surface area is 328 Å². The molecule has 328 valence electrons. The van der Waals surface area contributed by atoms with Crippen LogP contribution in [0.4, 0.5) is 5.82 Å². The van der Waals surface area contributed by atoms with E-state index in [1.807, 2.05) is 0 Å². The van der Waals surface area contributed by atoms with Crippen molar-refractivity contribution in [1.82, 2.24) is 30.2 Å². The molecule has 3 rings (SSSR count). The average molecular weight is 894 g/mol. The minimum Gasteiger partial charge on any atom is -0.481 e. The zero-order chi connectivity index (χ0) is 43.6. The van der Waals surface area contributed by atoms with Crippen LogP contribution in [0.1, 0.15) is 58.6 Å². The lowest BCUT2D eigenvalue weighted by Crippen LogP contribution is -2.46. The minimum atomic E-state index is -5.60. The molecule has 8 atom stereocenters. The van der Waals surface area contributed by atoms with E-state index in [-0.39, 0.29) is 74.4 Å². The Balaban J connectivity index is 1.46. The smallest absolute Gasteiger partial charge is 0.481 e. The van der Waals surface area contributed by atoms with E-state index >= 15 is 0 Å². The molecule has 12 N–H and O–H groups in total. The van der Waals surface area contributed by atoms with Gasteiger partial charge in [0.15, 0.2) is 17.7 Å². The van der Waals surface area contributed by atoms with Crippen LogP contribution in [0.2, 0.25) is 0 Å². The fraction of sp³-hybridized carbons (Fsp3) is 0.679. The molecule has 0 aliphatic carbocycles. The number of nitrogens with one attached hydrogen (secondary N) is 2. The van der Waals surface area contributed by atoms with Gasteiger partial charge in [0.2, 0.25) is 11.8 Å². The molecule has 2 amide bonds. The Morgan fingerprint density at radius 2 is 1.64 bits per heavy atom. The number of ether oxygens (including phenoxy) is 1. The number of hydrogen-bond acceptors (Lipinski definition) is 19. The molecule has 0 bridgehead atoms. The van der Waals surface area contributed by atoms with Crippen molar-refractivity contribution >= 4 is 64.0 Å². The van der Waals surface area contributed by atoms with Crippen molar-refractivity contribution in [2.75, 3.05) is 32.0 Å². The first-order valence-corrected chi connectivity index (χ1v) is 21.6. The highest BCUT2D eigenvalue weighted by atomic mass is 31.3. The van der Waals surface area contributed by atoms with E-state index in [1.54, 1.807) is 0 Å². The number of phosphoric ester groups is 3. The number of anilines is 1. The number of hydrogen-bond donors (Lipinski definition) is 11. The SMILES string of the molecule is CC(C)(COP(=O)(O)OP(=O)(O)OCC1OC(n2cnc3c(N)ncnc32)C(O)C1OP(=O)(O)O)C(O)C(=O)NCCC(=O)NCCC(=O)CC(O)CCCC(=O)O. The number of carbonyl (C=O) groups excluding carboxylic acids is 3. The number of carbonyl (C=O) groups is 4. The number of carboxylic acid groups (broad SMARTS) is 1. The molecule has 8 unspecified atom stereocenters. The number of aromatic nitrogens is 4. The number of nitrogens with two attached hydrogens (primary N) is 1. The first kappa shape index (κ1) is 49.0. The van der Waals surface area contributed by atoms with Gasteiger partial charge >= 0.3 is 29.4 Å². The van der Waals surface area contributed by atoms with Gasteiger partial charge in [0.05, 0.1) is 25.6 Å². The van der Waals surface area contributed by atoms with Gasteiger partial charge in [-0.3, -0.25) is 37.3 Å². The van der Waals surface area contributed by atoms with E-state index in [0.29, 0.717) is 0 Å². The first-order chi connectivity index (χ1) is 26.8. The van der Waals surface area contributed by atoms with E-state index in [9.17, 15) is 67.8 Å². The summed E-state index contributed by atoms with van der Waals surface area (Å²) in [5, 5.41) is 44.6. The molecule has 30 heteroatoms. The number of nitrogens with zero attached hydrogens (tertiary/aromatic N) is 4. The average Bonchev–Trinajstić information content (AvgIpc) is 3.66. The number of ketones is 1. The zero-order valence-corrected chi connectivity index (χ0v) is 33.6. The van der Waals surface area contributed by atoms with Gasteiger partial charge in [-0.05, 0) is 12.8 Å². The summed E-state index contributed by atoms with van der Waals surface area (Å²) in [5.74, 6) is -3.06.